The Labute approximate surface area is 219 Å². The number of carbonyl (C=O) groups excluding carboxylic acids is 1. The SMILES string of the molecule is C=O.CNc1cnc(C)c(Nc2nccc(-c3cccnc3)n2)c1.Cc1ccc(C2CCNCC2)cc1. The van der Waals surface area contributed by atoms with Gasteiger partial charge in [-0.05, 0) is 75.5 Å². The number of nitrogens with zero attached hydrogens (tertiary/aromatic N) is 4. The molecule has 5 rings (SSSR count). The van der Waals surface area contributed by atoms with Crippen LogP contribution in [0.25, 0.3) is 11.3 Å². The standard InChI is InChI=1S/C16H16N6.C12H17N.CH2O/c1-11-15(8-13(17-2)10-20-11)22-16-19-7-5-14(21-16)12-4-3-6-18-9-12;1-10-2-4-11(5-3-10)12-6-8-13-9-7-12;1-2/h3-10,17H,1-2H3,(H,19,21,22);2-5,12-13H,6-9H2,1H3;1H2. The van der Waals surface area contributed by atoms with Crippen molar-refractivity contribution in [2.75, 3.05) is 30.8 Å². The summed E-state index contributed by atoms with van der Waals surface area (Å²) in [7, 11) is 1.86. The van der Waals surface area contributed by atoms with Crippen LogP contribution in [0.2, 0.25) is 0 Å². The molecule has 0 bridgehead atoms. The molecule has 1 aliphatic heterocycles. The summed E-state index contributed by atoms with van der Waals surface area (Å²) < 4.78 is 0. The van der Waals surface area contributed by atoms with Gasteiger partial charge in [0.05, 0.1) is 29.0 Å². The van der Waals surface area contributed by atoms with Crippen LogP contribution in [0.5, 0.6) is 0 Å². The van der Waals surface area contributed by atoms with Crippen LogP contribution in [-0.2, 0) is 4.79 Å². The number of nitrogens with one attached hydrogen (secondary N) is 3. The van der Waals surface area contributed by atoms with Gasteiger partial charge in [-0.1, -0.05) is 29.8 Å². The third-order valence-corrected chi connectivity index (χ3v) is 6.12. The fraction of sp³-hybridized carbons (Fsp3) is 0.276. The zero-order chi connectivity index (χ0) is 26.5. The van der Waals surface area contributed by atoms with Gasteiger partial charge in [-0.2, -0.15) is 0 Å². The topological polar surface area (TPSA) is 105 Å². The molecule has 1 aliphatic rings. The highest BCUT2D eigenvalue weighted by molar-refractivity contribution is 5.64. The predicted molar refractivity (Wildman–Crippen MR) is 150 cm³/mol. The molecule has 1 fully saturated rings. The van der Waals surface area contributed by atoms with E-state index >= 15 is 0 Å². The normalized spacial score (nSPS) is 12.8. The molecule has 192 valence electrons. The lowest BCUT2D eigenvalue weighted by Gasteiger charge is -2.22. The van der Waals surface area contributed by atoms with E-state index in [9.17, 15) is 0 Å². The molecule has 8 nitrogen and oxygen atoms in total. The molecule has 1 saturated heterocycles. The molecule has 3 N–H and O–H groups in total. The van der Waals surface area contributed by atoms with Gasteiger partial charge in [0.25, 0.3) is 0 Å². The lowest BCUT2D eigenvalue weighted by molar-refractivity contribution is -0.0979. The Morgan fingerprint density at radius 2 is 1.70 bits per heavy atom. The first kappa shape index (κ1) is 27.4. The van der Waals surface area contributed by atoms with Crippen molar-refractivity contribution in [1.29, 1.82) is 0 Å². The van der Waals surface area contributed by atoms with Crippen LogP contribution in [-0.4, -0.2) is 46.9 Å². The maximum absolute atomic E-state index is 8.00. The molecule has 0 atom stereocenters. The van der Waals surface area contributed by atoms with Gasteiger partial charge in [0.2, 0.25) is 5.95 Å². The van der Waals surface area contributed by atoms with Crippen LogP contribution >= 0.6 is 0 Å². The zero-order valence-electron chi connectivity index (χ0n) is 21.7. The number of benzene rings is 1. The van der Waals surface area contributed by atoms with Crippen LogP contribution in [0.4, 0.5) is 17.3 Å². The minimum atomic E-state index is 0.527. The average Bonchev–Trinajstić information content (AvgIpc) is 2.97. The first-order chi connectivity index (χ1) is 18.1. The van der Waals surface area contributed by atoms with Gasteiger partial charge in [0.15, 0.2) is 0 Å². The zero-order valence-corrected chi connectivity index (χ0v) is 21.7. The molecular weight excluding hydrogens is 462 g/mol. The second kappa shape index (κ2) is 14.4. The Balaban J connectivity index is 0.000000216. The van der Waals surface area contributed by atoms with E-state index in [0.717, 1.165) is 34.2 Å². The number of rotatable bonds is 5. The van der Waals surface area contributed by atoms with Crippen LogP contribution in [0.3, 0.4) is 0 Å². The van der Waals surface area contributed by atoms with Crippen LogP contribution in [0, 0.1) is 13.8 Å². The lowest BCUT2D eigenvalue weighted by Crippen LogP contribution is -2.26. The molecule has 0 saturated carbocycles. The highest BCUT2D eigenvalue weighted by atomic mass is 16.1. The van der Waals surface area contributed by atoms with E-state index in [1.165, 1.54) is 37.1 Å². The molecule has 0 amide bonds. The molecule has 4 heterocycles. The third-order valence-electron chi connectivity index (χ3n) is 6.12. The van der Waals surface area contributed by atoms with E-state index in [2.05, 4.69) is 67.1 Å². The number of hydrogen-bond donors (Lipinski definition) is 3. The van der Waals surface area contributed by atoms with Crippen molar-refractivity contribution in [2.45, 2.75) is 32.6 Å². The van der Waals surface area contributed by atoms with E-state index < -0.39 is 0 Å². The van der Waals surface area contributed by atoms with Crippen molar-refractivity contribution in [2.24, 2.45) is 0 Å². The van der Waals surface area contributed by atoms with Crippen molar-refractivity contribution in [3.05, 3.63) is 90.1 Å². The summed E-state index contributed by atoms with van der Waals surface area (Å²) in [6, 6.07) is 16.7. The van der Waals surface area contributed by atoms with Gasteiger partial charge in [-0.3, -0.25) is 9.97 Å². The second-order valence-corrected chi connectivity index (χ2v) is 8.67. The van der Waals surface area contributed by atoms with Gasteiger partial charge >= 0.3 is 0 Å². The molecule has 4 aromatic rings. The van der Waals surface area contributed by atoms with Gasteiger partial charge in [-0.25, -0.2) is 9.97 Å². The number of aryl methyl sites for hydroxylation is 2. The molecular formula is C29H35N7O. The highest BCUT2D eigenvalue weighted by Gasteiger charge is 2.14. The smallest absolute Gasteiger partial charge is 0.227 e. The summed E-state index contributed by atoms with van der Waals surface area (Å²) >= 11 is 0. The van der Waals surface area contributed by atoms with Gasteiger partial charge < -0.3 is 20.7 Å². The van der Waals surface area contributed by atoms with E-state index in [0.29, 0.717) is 5.95 Å². The molecule has 3 aromatic heterocycles. The minimum Gasteiger partial charge on any atom is -0.387 e. The molecule has 37 heavy (non-hydrogen) atoms. The molecule has 0 aliphatic carbocycles. The molecule has 1 aromatic carbocycles. The summed E-state index contributed by atoms with van der Waals surface area (Å²) in [5, 5.41) is 9.67. The van der Waals surface area contributed by atoms with E-state index in [4.69, 9.17) is 4.79 Å². The Kier molecular flexibility index (Phi) is 10.7. The molecule has 0 unspecified atom stereocenters. The van der Waals surface area contributed by atoms with Crippen molar-refractivity contribution in [3.63, 3.8) is 0 Å². The maximum Gasteiger partial charge on any atom is 0.227 e. The Hall–Kier alpha value is -4.17. The number of piperidine rings is 1. The largest absolute Gasteiger partial charge is 0.387 e. The van der Waals surface area contributed by atoms with E-state index in [1.54, 1.807) is 24.8 Å². The van der Waals surface area contributed by atoms with Crippen molar-refractivity contribution < 1.29 is 4.79 Å². The fourth-order valence-corrected chi connectivity index (χ4v) is 4.00. The van der Waals surface area contributed by atoms with E-state index in [-0.39, 0.29) is 0 Å². The van der Waals surface area contributed by atoms with Crippen LogP contribution in [0.1, 0.15) is 35.6 Å². The van der Waals surface area contributed by atoms with Gasteiger partial charge in [-0.15, -0.1) is 0 Å². The highest BCUT2D eigenvalue weighted by Crippen LogP contribution is 2.25. The predicted octanol–water partition coefficient (Wildman–Crippen LogP) is 5.30. The van der Waals surface area contributed by atoms with E-state index in [1.807, 2.05) is 45.0 Å². The summed E-state index contributed by atoms with van der Waals surface area (Å²) in [6.45, 7) is 8.44. The first-order valence-corrected chi connectivity index (χ1v) is 12.3. The van der Waals surface area contributed by atoms with Crippen LogP contribution in [0.15, 0.2) is 73.3 Å². The second-order valence-electron chi connectivity index (χ2n) is 8.67. The molecule has 8 heteroatoms. The Morgan fingerprint density at radius 1 is 0.946 bits per heavy atom. The van der Waals surface area contributed by atoms with Gasteiger partial charge in [0, 0.05) is 31.2 Å². The summed E-state index contributed by atoms with van der Waals surface area (Å²) in [6.07, 6.45) is 9.62. The van der Waals surface area contributed by atoms with Gasteiger partial charge in [0.1, 0.15) is 6.79 Å². The summed E-state index contributed by atoms with van der Waals surface area (Å²) in [5.74, 6) is 1.32. The monoisotopic (exact) mass is 497 g/mol. The van der Waals surface area contributed by atoms with Crippen LogP contribution < -0.4 is 16.0 Å². The number of anilines is 3. The maximum atomic E-state index is 8.00. The first-order valence-electron chi connectivity index (χ1n) is 12.3. The Morgan fingerprint density at radius 3 is 2.38 bits per heavy atom. The lowest BCUT2D eigenvalue weighted by atomic mass is 9.90. The van der Waals surface area contributed by atoms with Crippen molar-refractivity contribution in [1.82, 2.24) is 25.3 Å². The summed E-state index contributed by atoms with van der Waals surface area (Å²) in [5.41, 5.74) is 7.33. The minimum absolute atomic E-state index is 0.527. The Bertz CT molecular complexity index is 1230. The fourth-order valence-electron chi connectivity index (χ4n) is 4.00. The van der Waals surface area contributed by atoms with Crippen molar-refractivity contribution >= 4 is 24.1 Å². The van der Waals surface area contributed by atoms with Crippen molar-refractivity contribution in [3.8, 4) is 11.3 Å². The number of aromatic nitrogens is 4. The third kappa shape index (κ3) is 8.18. The number of carbonyl (C=O) groups is 1. The number of hydrogen-bond acceptors (Lipinski definition) is 8. The molecule has 0 radical (unpaired) electrons. The summed E-state index contributed by atoms with van der Waals surface area (Å²) in [4.78, 5) is 25.2. The quantitative estimate of drug-likeness (QED) is 0.341. The molecule has 0 spiro atoms. The average molecular weight is 498 g/mol. The number of pyridine rings is 2.